The molecule has 0 unspecified atom stereocenters. The molecule has 0 atom stereocenters. The molecule has 0 amide bonds. The van der Waals surface area contributed by atoms with E-state index in [0.29, 0.717) is 6.42 Å². The molecule has 4 nitrogen and oxygen atoms in total. The summed E-state index contributed by atoms with van der Waals surface area (Å²) in [6.07, 6.45) is 1.45. The third-order valence-corrected chi connectivity index (χ3v) is 3.10. The van der Waals surface area contributed by atoms with Crippen LogP contribution in [0.1, 0.15) is 33.6 Å². The Balaban J connectivity index is 4.28. The summed E-state index contributed by atoms with van der Waals surface area (Å²) in [6.45, 7) is 5.00. The third-order valence-electron chi connectivity index (χ3n) is 1.46. The van der Waals surface area contributed by atoms with Gasteiger partial charge in [-0.2, -0.15) is 9.98 Å². The van der Waals surface area contributed by atoms with Gasteiger partial charge in [0.2, 0.25) is 10.0 Å². The zero-order chi connectivity index (χ0) is 10.5. The monoisotopic (exact) mass is 204 g/mol. The van der Waals surface area contributed by atoms with Crippen molar-refractivity contribution in [2.75, 3.05) is 5.75 Å². The first-order chi connectivity index (χ1) is 5.83. The summed E-state index contributed by atoms with van der Waals surface area (Å²) in [7, 11) is -3.29. The predicted molar refractivity (Wildman–Crippen MR) is 51.5 cm³/mol. The molecule has 0 aliphatic rings. The van der Waals surface area contributed by atoms with Gasteiger partial charge in [0.25, 0.3) is 0 Å². The van der Waals surface area contributed by atoms with Crippen LogP contribution < -0.4 is 4.72 Å². The number of nitrogens with zero attached hydrogens (tertiary/aromatic N) is 1. The average Bonchev–Trinajstić information content (AvgIpc) is 1.99. The Kier molecular flexibility index (Phi) is 4.37. The minimum atomic E-state index is -3.29. The van der Waals surface area contributed by atoms with E-state index in [1.54, 1.807) is 0 Å². The zero-order valence-corrected chi connectivity index (χ0v) is 9.11. The van der Waals surface area contributed by atoms with Crippen LogP contribution in [-0.4, -0.2) is 19.7 Å². The number of nitriles is 1. The van der Waals surface area contributed by atoms with Crippen molar-refractivity contribution >= 4 is 10.0 Å². The molecular weight excluding hydrogens is 188 g/mol. The van der Waals surface area contributed by atoms with Crippen LogP contribution in [0.2, 0.25) is 0 Å². The van der Waals surface area contributed by atoms with Crippen molar-refractivity contribution in [3.63, 3.8) is 0 Å². The molecule has 0 fully saturated rings. The quantitative estimate of drug-likeness (QED) is 0.726. The molecule has 0 spiro atoms. The number of hydrogen-bond donors (Lipinski definition) is 1. The second kappa shape index (κ2) is 4.58. The normalized spacial score (nSPS) is 12.5. The molecule has 76 valence electrons. The van der Waals surface area contributed by atoms with Crippen LogP contribution >= 0.6 is 0 Å². The van der Waals surface area contributed by atoms with Crippen LogP contribution in [0.15, 0.2) is 0 Å². The number of hydrogen-bond acceptors (Lipinski definition) is 3. The first-order valence-corrected chi connectivity index (χ1v) is 5.91. The van der Waals surface area contributed by atoms with Gasteiger partial charge in [-0.3, -0.25) is 0 Å². The van der Waals surface area contributed by atoms with Crippen molar-refractivity contribution in [1.82, 2.24) is 4.72 Å². The Hall–Kier alpha value is -0.600. The standard InChI is InChI=1S/C8H16N2O2S/c1-4-5-6-13(11,12)10-8(2,3)7-9/h10H,4-6H2,1-3H3. The van der Waals surface area contributed by atoms with Crippen molar-refractivity contribution in [2.45, 2.75) is 39.2 Å². The molecule has 0 rings (SSSR count). The molecule has 0 aliphatic heterocycles. The summed E-state index contributed by atoms with van der Waals surface area (Å²) >= 11 is 0. The van der Waals surface area contributed by atoms with E-state index in [4.69, 9.17) is 5.26 Å². The number of rotatable bonds is 5. The van der Waals surface area contributed by atoms with Gasteiger partial charge in [0.15, 0.2) is 0 Å². The van der Waals surface area contributed by atoms with Crippen molar-refractivity contribution < 1.29 is 8.42 Å². The molecule has 0 aromatic carbocycles. The van der Waals surface area contributed by atoms with E-state index < -0.39 is 15.6 Å². The molecule has 1 N–H and O–H groups in total. The fourth-order valence-electron chi connectivity index (χ4n) is 0.797. The van der Waals surface area contributed by atoms with E-state index in [-0.39, 0.29) is 5.75 Å². The van der Waals surface area contributed by atoms with Gasteiger partial charge in [0.05, 0.1) is 11.8 Å². The van der Waals surface area contributed by atoms with E-state index in [1.165, 1.54) is 13.8 Å². The van der Waals surface area contributed by atoms with Gasteiger partial charge in [0, 0.05) is 0 Å². The summed E-state index contributed by atoms with van der Waals surface area (Å²) < 4.78 is 24.9. The summed E-state index contributed by atoms with van der Waals surface area (Å²) in [5, 5.41) is 8.61. The van der Waals surface area contributed by atoms with E-state index in [9.17, 15) is 8.42 Å². The van der Waals surface area contributed by atoms with E-state index in [0.717, 1.165) is 6.42 Å². The minimum Gasteiger partial charge on any atom is -0.212 e. The van der Waals surface area contributed by atoms with E-state index >= 15 is 0 Å². The second-order valence-corrected chi connectivity index (χ2v) is 5.35. The summed E-state index contributed by atoms with van der Waals surface area (Å²) in [5.41, 5.74) is -1.01. The molecule has 0 saturated carbocycles. The van der Waals surface area contributed by atoms with Gasteiger partial charge in [-0.15, -0.1) is 0 Å². The minimum absolute atomic E-state index is 0.0919. The van der Waals surface area contributed by atoms with Gasteiger partial charge < -0.3 is 0 Å². The van der Waals surface area contributed by atoms with Gasteiger partial charge >= 0.3 is 0 Å². The van der Waals surface area contributed by atoms with Crippen LogP contribution in [0, 0.1) is 11.3 Å². The second-order valence-electron chi connectivity index (χ2n) is 3.51. The molecule has 0 saturated heterocycles. The maximum atomic E-state index is 11.3. The lowest BCUT2D eigenvalue weighted by Crippen LogP contribution is -2.43. The van der Waals surface area contributed by atoms with E-state index in [2.05, 4.69) is 4.72 Å². The lowest BCUT2D eigenvalue weighted by atomic mass is 10.1. The highest BCUT2D eigenvalue weighted by atomic mass is 32.2. The number of unbranched alkanes of at least 4 members (excludes halogenated alkanes) is 1. The van der Waals surface area contributed by atoms with Crippen LogP contribution in [0.25, 0.3) is 0 Å². The summed E-state index contributed by atoms with van der Waals surface area (Å²) in [5.74, 6) is 0.0919. The molecule has 0 bridgehead atoms. The summed E-state index contributed by atoms with van der Waals surface area (Å²) in [4.78, 5) is 0. The highest BCUT2D eigenvalue weighted by Crippen LogP contribution is 2.03. The molecule has 13 heavy (non-hydrogen) atoms. The molecule has 0 radical (unpaired) electrons. The fraction of sp³-hybridized carbons (Fsp3) is 0.875. The Bertz CT molecular complexity index is 288. The highest BCUT2D eigenvalue weighted by molar-refractivity contribution is 7.89. The maximum Gasteiger partial charge on any atom is 0.212 e. The van der Waals surface area contributed by atoms with Crippen LogP contribution in [0.5, 0.6) is 0 Å². The molecule has 0 heterocycles. The fourth-order valence-corrected chi connectivity index (χ4v) is 2.39. The highest BCUT2D eigenvalue weighted by Gasteiger charge is 2.23. The van der Waals surface area contributed by atoms with Crippen LogP contribution in [0.3, 0.4) is 0 Å². The molecule has 0 aliphatic carbocycles. The van der Waals surface area contributed by atoms with Crippen molar-refractivity contribution in [1.29, 1.82) is 5.26 Å². The largest absolute Gasteiger partial charge is 0.212 e. The van der Waals surface area contributed by atoms with Crippen molar-refractivity contribution in [3.05, 3.63) is 0 Å². The topological polar surface area (TPSA) is 70.0 Å². The van der Waals surface area contributed by atoms with Crippen LogP contribution in [0.4, 0.5) is 0 Å². The van der Waals surface area contributed by atoms with Gasteiger partial charge in [-0.1, -0.05) is 13.3 Å². The van der Waals surface area contributed by atoms with Crippen molar-refractivity contribution in [2.24, 2.45) is 0 Å². The SMILES string of the molecule is CCCCS(=O)(=O)NC(C)(C)C#N. The smallest absolute Gasteiger partial charge is 0.212 e. The van der Waals surface area contributed by atoms with E-state index in [1.807, 2.05) is 13.0 Å². The summed E-state index contributed by atoms with van der Waals surface area (Å²) in [6, 6.07) is 1.88. The Morgan fingerprint density at radius 1 is 1.46 bits per heavy atom. The van der Waals surface area contributed by atoms with Gasteiger partial charge in [-0.05, 0) is 20.3 Å². The number of nitrogens with one attached hydrogen (secondary N) is 1. The zero-order valence-electron chi connectivity index (χ0n) is 8.29. The van der Waals surface area contributed by atoms with Gasteiger partial charge in [0.1, 0.15) is 5.54 Å². The Labute approximate surface area is 80.0 Å². The lowest BCUT2D eigenvalue weighted by Gasteiger charge is -2.17. The Morgan fingerprint density at radius 2 is 2.00 bits per heavy atom. The molecule has 5 heteroatoms. The Morgan fingerprint density at radius 3 is 2.38 bits per heavy atom. The molecule has 0 aromatic heterocycles. The molecule has 0 aromatic rings. The third kappa shape index (κ3) is 5.61. The maximum absolute atomic E-state index is 11.3. The lowest BCUT2D eigenvalue weighted by molar-refractivity contribution is 0.533. The average molecular weight is 204 g/mol. The first-order valence-electron chi connectivity index (χ1n) is 4.26. The van der Waals surface area contributed by atoms with Crippen LogP contribution in [-0.2, 0) is 10.0 Å². The predicted octanol–water partition coefficient (Wildman–Crippen LogP) is 1.01. The molecular formula is C8H16N2O2S. The van der Waals surface area contributed by atoms with Gasteiger partial charge in [-0.25, -0.2) is 8.42 Å². The number of sulfonamides is 1. The first kappa shape index (κ1) is 12.4. The van der Waals surface area contributed by atoms with Crippen molar-refractivity contribution in [3.8, 4) is 6.07 Å².